The minimum atomic E-state index is -0.104. The monoisotopic (exact) mass is 250 g/mol. The fraction of sp³-hybridized carbons (Fsp3) is 0.500. The van der Waals surface area contributed by atoms with E-state index in [4.69, 9.17) is 10.6 Å². The summed E-state index contributed by atoms with van der Waals surface area (Å²) in [7, 11) is 0. The number of rotatable bonds is 3. The van der Waals surface area contributed by atoms with Gasteiger partial charge in [0.2, 0.25) is 0 Å². The van der Waals surface area contributed by atoms with Crippen LogP contribution >= 0.6 is 0 Å². The predicted octanol–water partition coefficient (Wildman–Crippen LogP) is 0.665. The van der Waals surface area contributed by atoms with Crippen LogP contribution in [0.4, 0.5) is 5.82 Å². The van der Waals surface area contributed by atoms with Gasteiger partial charge >= 0.3 is 0 Å². The second-order valence-electron chi connectivity index (χ2n) is 4.45. The van der Waals surface area contributed by atoms with Gasteiger partial charge in [-0.25, -0.2) is 10.8 Å². The minimum absolute atomic E-state index is 0.104. The number of nitrogen functional groups attached to an aromatic ring is 1. The van der Waals surface area contributed by atoms with E-state index in [0.717, 1.165) is 12.8 Å². The molecule has 2 unspecified atom stereocenters. The number of nitrogens with zero attached hydrogens (tertiary/aromatic N) is 1. The maximum atomic E-state index is 12.0. The standard InChI is InChI=1S/C12H18N4O2/c1-8-6-10(3-5-18-8)15-12(17)9-2-4-14-11(7-9)16-13/h2,4,7-8,10H,3,5-6,13H2,1H3,(H,14,16)(H,15,17). The molecule has 1 saturated heterocycles. The number of nitrogens with two attached hydrogens (primary N) is 1. The molecule has 1 fully saturated rings. The van der Waals surface area contributed by atoms with Gasteiger partial charge in [-0.3, -0.25) is 4.79 Å². The molecule has 0 saturated carbocycles. The molecule has 1 aliphatic rings. The van der Waals surface area contributed by atoms with Crippen molar-refractivity contribution in [1.29, 1.82) is 0 Å². The maximum Gasteiger partial charge on any atom is 0.251 e. The number of aromatic nitrogens is 1. The second-order valence-corrected chi connectivity index (χ2v) is 4.45. The molecule has 0 spiro atoms. The molecule has 0 aromatic carbocycles. The number of hydrogen-bond donors (Lipinski definition) is 3. The van der Waals surface area contributed by atoms with Crippen LogP contribution in [0.15, 0.2) is 18.3 Å². The molecule has 6 heteroatoms. The summed E-state index contributed by atoms with van der Waals surface area (Å²) in [5.41, 5.74) is 2.97. The van der Waals surface area contributed by atoms with Crippen LogP contribution in [0, 0.1) is 0 Å². The summed E-state index contributed by atoms with van der Waals surface area (Å²) in [6, 6.07) is 3.46. The first-order valence-corrected chi connectivity index (χ1v) is 6.04. The van der Waals surface area contributed by atoms with Gasteiger partial charge in [0.15, 0.2) is 0 Å². The Morgan fingerprint density at radius 2 is 2.44 bits per heavy atom. The molecule has 2 heterocycles. The molecule has 2 atom stereocenters. The highest BCUT2D eigenvalue weighted by Gasteiger charge is 2.21. The van der Waals surface area contributed by atoms with E-state index < -0.39 is 0 Å². The summed E-state index contributed by atoms with van der Waals surface area (Å²) < 4.78 is 5.44. The van der Waals surface area contributed by atoms with E-state index in [-0.39, 0.29) is 18.1 Å². The average Bonchev–Trinajstić information content (AvgIpc) is 2.39. The Kier molecular flexibility index (Phi) is 4.11. The molecule has 1 aromatic rings. The molecule has 0 aliphatic carbocycles. The number of carbonyl (C=O) groups excluding carboxylic acids is 1. The molecule has 0 radical (unpaired) electrons. The Labute approximate surface area is 106 Å². The van der Waals surface area contributed by atoms with Crippen LogP contribution in [0.3, 0.4) is 0 Å². The van der Waals surface area contributed by atoms with E-state index >= 15 is 0 Å². The largest absolute Gasteiger partial charge is 0.378 e. The number of nitrogens with one attached hydrogen (secondary N) is 2. The summed E-state index contributed by atoms with van der Waals surface area (Å²) in [4.78, 5) is 16.0. The van der Waals surface area contributed by atoms with Gasteiger partial charge in [-0.1, -0.05) is 0 Å². The lowest BCUT2D eigenvalue weighted by molar-refractivity contribution is 0.0136. The van der Waals surface area contributed by atoms with Crippen molar-refractivity contribution in [3.63, 3.8) is 0 Å². The normalized spacial score (nSPS) is 23.4. The van der Waals surface area contributed by atoms with Crippen molar-refractivity contribution in [2.45, 2.75) is 31.9 Å². The summed E-state index contributed by atoms with van der Waals surface area (Å²) in [5, 5.41) is 3.00. The smallest absolute Gasteiger partial charge is 0.251 e. The molecule has 1 aliphatic heterocycles. The Bertz CT molecular complexity index is 424. The molecule has 6 nitrogen and oxygen atoms in total. The van der Waals surface area contributed by atoms with Crippen LogP contribution in [-0.2, 0) is 4.74 Å². The highest BCUT2D eigenvalue weighted by Crippen LogP contribution is 2.14. The highest BCUT2D eigenvalue weighted by molar-refractivity contribution is 5.94. The number of anilines is 1. The highest BCUT2D eigenvalue weighted by atomic mass is 16.5. The molecule has 98 valence electrons. The molecular formula is C12H18N4O2. The van der Waals surface area contributed by atoms with Gasteiger partial charge in [0.1, 0.15) is 5.82 Å². The first-order chi connectivity index (χ1) is 8.69. The van der Waals surface area contributed by atoms with Gasteiger partial charge in [0, 0.05) is 24.4 Å². The Morgan fingerprint density at radius 3 is 3.17 bits per heavy atom. The number of carbonyl (C=O) groups is 1. The van der Waals surface area contributed by atoms with Gasteiger partial charge in [-0.2, -0.15) is 0 Å². The van der Waals surface area contributed by atoms with Crippen molar-refractivity contribution >= 4 is 11.7 Å². The Morgan fingerprint density at radius 1 is 1.61 bits per heavy atom. The van der Waals surface area contributed by atoms with Crippen LogP contribution in [0.5, 0.6) is 0 Å². The average molecular weight is 250 g/mol. The lowest BCUT2D eigenvalue weighted by Gasteiger charge is -2.27. The van der Waals surface area contributed by atoms with E-state index in [0.29, 0.717) is 18.0 Å². The van der Waals surface area contributed by atoms with Crippen molar-refractivity contribution in [1.82, 2.24) is 10.3 Å². The molecule has 0 bridgehead atoms. The number of hydrogen-bond acceptors (Lipinski definition) is 5. The number of hydrazine groups is 1. The summed E-state index contributed by atoms with van der Waals surface area (Å²) in [6.07, 6.45) is 3.45. The lowest BCUT2D eigenvalue weighted by Crippen LogP contribution is -2.41. The molecule has 18 heavy (non-hydrogen) atoms. The van der Waals surface area contributed by atoms with Gasteiger partial charge in [0.25, 0.3) is 5.91 Å². The third-order valence-corrected chi connectivity index (χ3v) is 2.99. The summed E-state index contributed by atoms with van der Waals surface area (Å²) in [5.74, 6) is 5.63. The zero-order valence-electron chi connectivity index (χ0n) is 10.3. The van der Waals surface area contributed by atoms with Crippen molar-refractivity contribution < 1.29 is 9.53 Å². The fourth-order valence-corrected chi connectivity index (χ4v) is 2.05. The first kappa shape index (κ1) is 12.8. The van der Waals surface area contributed by atoms with Crippen LogP contribution in [-0.4, -0.2) is 29.6 Å². The SMILES string of the molecule is CC1CC(NC(=O)c2ccnc(NN)c2)CCO1. The number of amides is 1. The molecule has 2 rings (SSSR count). The molecule has 1 amide bonds. The summed E-state index contributed by atoms with van der Waals surface area (Å²) in [6.45, 7) is 2.71. The van der Waals surface area contributed by atoms with Crippen molar-refractivity contribution in [3.05, 3.63) is 23.9 Å². The Hall–Kier alpha value is -1.66. The van der Waals surface area contributed by atoms with E-state index in [1.807, 2.05) is 6.92 Å². The van der Waals surface area contributed by atoms with E-state index in [1.165, 1.54) is 0 Å². The van der Waals surface area contributed by atoms with Gasteiger partial charge < -0.3 is 15.5 Å². The quantitative estimate of drug-likeness (QED) is 0.542. The zero-order chi connectivity index (χ0) is 13.0. The maximum absolute atomic E-state index is 12.0. The van der Waals surface area contributed by atoms with E-state index in [9.17, 15) is 4.79 Å². The van der Waals surface area contributed by atoms with E-state index in [1.54, 1.807) is 18.3 Å². The Balaban J connectivity index is 1.98. The molecular weight excluding hydrogens is 232 g/mol. The first-order valence-electron chi connectivity index (χ1n) is 6.04. The van der Waals surface area contributed by atoms with Crippen molar-refractivity contribution in [2.24, 2.45) is 5.84 Å². The zero-order valence-corrected chi connectivity index (χ0v) is 10.3. The predicted molar refractivity (Wildman–Crippen MR) is 67.9 cm³/mol. The molecule has 1 aromatic heterocycles. The van der Waals surface area contributed by atoms with Gasteiger partial charge in [-0.15, -0.1) is 0 Å². The number of pyridine rings is 1. The van der Waals surface area contributed by atoms with E-state index in [2.05, 4.69) is 15.7 Å². The fourth-order valence-electron chi connectivity index (χ4n) is 2.05. The lowest BCUT2D eigenvalue weighted by atomic mass is 10.0. The topological polar surface area (TPSA) is 89.3 Å². The number of ether oxygens (including phenoxy) is 1. The van der Waals surface area contributed by atoms with Crippen LogP contribution in [0.2, 0.25) is 0 Å². The third-order valence-electron chi connectivity index (χ3n) is 2.99. The third kappa shape index (κ3) is 3.18. The van der Waals surface area contributed by atoms with Crippen LogP contribution in [0.1, 0.15) is 30.1 Å². The second kappa shape index (κ2) is 5.79. The van der Waals surface area contributed by atoms with Crippen molar-refractivity contribution in [3.8, 4) is 0 Å². The van der Waals surface area contributed by atoms with Crippen molar-refractivity contribution in [2.75, 3.05) is 12.0 Å². The van der Waals surface area contributed by atoms with Crippen LogP contribution < -0.4 is 16.6 Å². The minimum Gasteiger partial charge on any atom is -0.378 e. The molecule has 4 N–H and O–H groups in total. The van der Waals surface area contributed by atoms with Gasteiger partial charge in [-0.05, 0) is 31.9 Å². The van der Waals surface area contributed by atoms with Gasteiger partial charge in [0.05, 0.1) is 6.10 Å². The summed E-state index contributed by atoms with van der Waals surface area (Å²) >= 11 is 0. The van der Waals surface area contributed by atoms with Crippen LogP contribution in [0.25, 0.3) is 0 Å².